The van der Waals surface area contributed by atoms with Crippen LogP contribution in [-0.2, 0) is 0 Å². The minimum atomic E-state index is 0.0603. The third-order valence-electron chi connectivity index (χ3n) is 2.00. The molecule has 76 valence electrons. The molecule has 0 saturated carbocycles. The predicted molar refractivity (Wildman–Crippen MR) is 57.5 cm³/mol. The summed E-state index contributed by atoms with van der Waals surface area (Å²) in [6.07, 6.45) is 6.99. The summed E-state index contributed by atoms with van der Waals surface area (Å²) in [5, 5.41) is 16.2. The maximum atomic E-state index is 8.62. The summed E-state index contributed by atoms with van der Waals surface area (Å²) in [4.78, 5) is 0. The quantitative estimate of drug-likeness (QED) is 0.813. The number of benzene rings is 1. The van der Waals surface area contributed by atoms with Crippen LogP contribution in [0, 0.1) is 0 Å². The highest BCUT2D eigenvalue weighted by molar-refractivity contribution is 5.51. The van der Waals surface area contributed by atoms with Gasteiger partial charge in [0.2, 0.25) is 0 Å². The van der Waals surface area contributed by atoms with E-state index in [4.69, 9.17) is 5.11 Å². The minimum absolute atomic E-state index is 0.0603. The molecule has 2 rings (SSSR count). The molecule has 0 atom stereocenters. The first-order valence-electron chi connectivity index (χ1n) is 4.64. The van der Waals surface area contributed by atoms with Crippen LogP contribution in [0.4, 0.5) is 0 Å². The van der Waals surface area contributed by atoms with Crippen LogP contribution in [0.1, 0.15) is 5.56 Å². The van der Waals surface area contributed by atoms with Gasteiger partial charge >= 0.3 is 0 Å². The fraction of sp³-hybridized carbons (Fsp3) is 0.0909. The molecule has 4 heteroatoms. The average molecular weight is 201 g/mol. The van der Waals surface area contributed by atoms with E-state index in [1.807, 2.05) is 30.3 Å². The summed E-state index contributed by atoms with van der Waals surface area (Å²) < 4.78 is 1.69. The molecule has 0 aliphatic carbocycles. The molecule has 2 aromatic rings. The molecular formula is C11H11N3O. The zero-order valence-corrected chi connectivity index (χ0v) is 8.11. The molecule has 0 radical (unpaired) electrons. The SMILES string of the molecule is OCC=Cc1ccc(-n2ccnn2)cc1. The second kappa shape index (κ2) is 4.52. The zero-order chi connectivity index (χ0) is 10.5. The molecule has 1 aromatic heterocycles. The van der Waals surface area contributed by atoms with Crippen molar-refractivity contribution in [1.82, 2.24) is 15.0 Å². The van der Waals surface area contributed by atoms with Crippen LogP contribution < -0.4 is 0 Å². The number of aliphatic hydroxyl groups is 1. The van der Waals surface area contributed by atoms with Gasteiger partial charge in [-0.05, 0) is 17.7 Å². The smallest absolute Gasteiger partial charge is 0.0697 e. The van der Waals surface area contributed by atoms with Gasteiger partial charge in [0.25, 0.3) is 0 Å². The molecule has 0 fully saturated rings. The van der Waals surface area contributed by atoms with Crippen LogP contribution in [0.25, 0.3) is 11.8 Å². The van der Waals surface area contributed by atoms with Crippen molar-refractivity contribution in [2.45, 2.75) is 0 Å². The predicted octanol–water partition coefficient (Wildman–Crippen LogP) is 1.27. The lowest BCUT2D eigenvalue weighted by Crippen LogP contribution is -1.94. The Balaban J connectivity index is 2.21. The molecule has 1 N–H and O–H groups in total. The summed E-state index contributed by atoms with van der Waals surface area (Å²) in [6.45, 7) is 0.0603. The molecule has 0 amide bonds. The number of aliphatic hydroxyl groups excluding tert-OH is 1. The Morgan fingerprint density at radius 2 is 2.07 bits per heavy atom. The van der Waals surface area contributed by atoms with E-state index in [0.29, 0.717) is 0 Å². The van der Waals surface area contributed by atoms with Gasteiger partial charge in [-0.2, -0.15) is 0 Å². The third-order valence-corrected chi connectivity index (χ3v) is 2.00. The van der Waals surface area contributed by atoms with Gasteiger partial charge in [0.1, 0.15) is 0 Å². The number of hydrogen-bond acceptors (Lipinski definition) is 3. The van der Waals surface area contributed by atoms with Crippen molar-refractivity contribution in [3.05, 3.63) is 48.3 Å². The summed E-state index contributed by atoms with van der Waals surface area (Å²) >= 11 is 0. The molecule has 4 nitrogen and oxygen atoms in total. The second-order valence-corrected chi connectivity index (χ2v) is 3.02. The molecule has 0 aliphatic rings. The highest BCUT2D eigenvalue weighted by Gasteiger charge is 1.95. The van der Waals surface area contributed by atoms with Crippen molar-refractivity contribution in [2.75, 3.05) is 6.61 Å². The van der Waals surface area contributed by atoms with E-state index >= 15 is 0 Å². The number of aromatic nitrogens is 3. The van der Waals surface area contributed by atoms with Crippen LogP contribution in [0.15, 0.2) is 42.7 Å². The molecule has 15 heavy (non-hydrogen) atoms. The number of hydrogen-bond donors (Lipinski definition) is 1. The van der Waals surface area contributed by atoms with Crippen molar-refractivity contribution < 1.29 is 5.11 Å². The Hall–Kier alpha value is -1.94. The van der Waals surface area contributed by atoms with Crippen molar-refractivity contribution in [2.24, 2.45) is 0 Å². The van der Waals surface area contributed by atoms with Gasteiger partial charge in [-0.15, -0.1) is 5.10 Å². The fourth-order valence-corrected chi connectivity index (χ4v) is 1.27. The summed E-state index contributed by atoms with van der Waals surface area (Å²) in [6, 6.07) is 7.82. The average Bonchev–Trinajstić information content (AvgIpc) is 2.80. The lowest BCUT2D eigenvalue weighted by atomic mass is 10.2. The first kappa shape index (κ1) is 9.61. The van der Waals surface area contributed by atoms with Crippen molar-refractivity contribution in [3.8, 4) is 5.69 Å². The van der Waals surface area contributed by atoms with Gasteiger partial charge in [0.15, 0.2) is 0 Å². The van der Waals surface area contributed by atoms with Gasteiger partial charge in [0.05, 0.1) is 24.7 Å². The van der Waals surface area contributed by atoms with Crippen LogP contribution in [0.2, 0.25) is 0 Å². The van der Waals surface area contributed by atoms with E-state index in [1.165, 1.54) is 0 Å². The molecule has 0 saturated heterocycles. The Morgan fingerprint density at radius 3 is 2.67 bits per heavy atom. The van der Waals surface area contributed by atoms with Crippen molar-refractivity contribution in [3.63, 3.8) is 0 Å². The largest absolute Gasteiger partial charge is 0.392 e. The Morgan fingerprint density at radius 1 is 1.27 bits per heavy atom. The lowest BCUT2D eigenvalue weighted by molar-refractivity contribution is 0.343. The summed E-state index contributed by atoms with van der Waals surface area (Å²) in [7, 11) is 0. The van der Waals surface area contributed by atoms with Gasteiger partial charge in [-0.3, -0.25) is 0 Å². The standard InChI is InChI=1S/C11H11N3O/c15-9-1-2-10-3-5-11(6-4-10)14-8-7-12-13-14/h1-8,15H,9H2. The fourth-order valence-electron chi connectivity index (χ4n) is 1.27. The molecule has 0 aliphatic heterocycles. The van der Waals surface area contributed by atoms with E-state index in [1.54, 1.807) is 23.2 Å². The first-order valence-corrected chi connectivity index (χ1v) is 4.64. The highest BCUT2D eigenvalue weighted by atomic mass is 16.2. The van der Waals surface area contributed by atoms with Crippen molar-refractivity contribution in [1.29, 1.82) is 0 Å². The number of nitrogens with zero attached hydrogens (tertiary/aromatic N) is 3. The van der Waals surface area contributed by atoms with Crippen LogP contribution in [0.3, 0.4) is 0 Å². The van der Waals surface area contributed by atoms with E-state index in [2.05, 4.69) is 10.3 Å². The third kappa shape index (κ3) is 2.30. The summed E-state index contributed by atoms with van der Waals surface area (Å²) in [5.41, 5.74) is 2.02. The molecule has 1 aromatic carbocycles. The molecule has 0 unspecified atom stereocenters. The Kier molecular flexibility index (Phi) is 2.90. The van der Waals surface area contributed by atoms with E-state index in [9.17, 15) is 0 Å². The van der Waals surface area contributed by atoms with Crippen LogP contribution in [0.5, 0.6) is 0 Å². The van der Waals surface area contributed by atoms with E-state index in [0.717, 1.165) is 11.3 Å². The first-order chi connectivity index (χ1) is 7.40. The molecule has 0 spiro atoms. The Bertz CT molecular complexity index is 431. The normalized spacial score (nSPS) is 11.0. The topological polar surface area (TPSA) is 50.9 Å². The molecular weight excluding hydrogens is 190 g/mol. The zero-order valence-electron chi connectivity index (χ0n) is 8.11. The van der Waals surface area contributed by atoms with E-state index < -0.39 is 0 Å². The highest BCUT2D eigenvalue weighted by Crippen LogP contribution is 2.09. The van der Waals surface area contributed by atoms with Crippen LogP contribution >= 0.6 is 0 Å². The molecule has 1 heterocycles. The van der Waals surface area contributed by atoms with Crippen molar-refractivity contribution >= 4 is 6.08 Å². The Labute approximate surface area is 87.5 Å². The monoisotopic (exact) mass is 201 g/mol. The maximum absolute atomic E-state index is 8.62. The van der Waals surface area contributed by atoms with Crippen LogP contribution in [-0.4, -0.2) is 26.7 Å². The number of rotatable bonds is 3. The maximum Gasteiger partial charge on any atom is 0.0697 e. The van der Waals surface area contributed by atoms with Gasteiger partial charge in [-0.1, -0.05) is 29.5 Å². The minimum Gasteiger partial charge on any atom is -0.392 e. The summed E-state index contributed by atoms with van der Waals surface area (Å²) in [5.74, 6) is 0. The van der Waals surface area contributed by atoms with E-state index in [-0.39, 0.29) is 6.61 Å². The molecule has 0 bridgehead atoms. The van der Waals surface area contributed by atoms with Gasteiger partial charge in [-0.25, -0.2) is 4.68 Å². The lowest BCUT2D eigenvalue weighted by Gasteiger charge is -1.99. The second-order valence-electron chi connectivity index (χ2n) is 3.02. The van der Waals surface area contributed by atoms with Gasteiger partial charge < -0.3 is 5.11 Å². The van der Waals surface area contributed by atoms with Gasteiger partial charge in [0, 0.05) is 0 Å².